The molecule has 0 amide bonds. The molecule has 0 radical (unpaired) electrons. The van der Waals surface area contributed by atoms with Crippen LogP contribution in [0.2, 0.25) is 0 Å². The maximum atomic E-state index is 7.62. The van der Waals surface area contributed by atoms with Crippen molar-refractivity contribution < 1.29 is 0 Å². The van der Waals surface area contributed by atoms with Crippen LogP contribution in [-0.2, 0) is 0 Å². The normalized spacial score (nSPS) is 11.9. The predicted octanol–water partition coefficient (Wildman–Crippen LogP) is 11.1. The molecule has 4 heteroatoms. The Hall–Kier alpha value is -5.37. The van der Waals surface area contributed by atoms with Gasteiger partial charge in [-0.25, -0.2) is 4.85 Å². The number of hydrogen-bond acceptors (Lipinski definition) is 1. The highest BCUT2D eigenvalue weighted by molar-refractivity contribution is 7.26. The standard InChI is InChI=1S/C38H23N3S/c1-23-15-18-37-30(19-23)31-21-25(40-32-12-6-5-11-28(32)29-20-24(39-2)16-17-35(29)40)22-36(38(31)42-37)41-33-13-7-3-9-26(33)27-10-4-8-14-34(27)41/h3-22H,1H3. The Kier molecular flexibility index (Phi) is 4.76. The summed E-state index contributed by atoms with van der Waals surface area (Å²) in [6.07, 6.45) is 0. The van der Waals surface area contributed by atoms with E-state index in [1.807, 2.05) is 23.5 Å². The largest absolute Gasteiger partial charge is 0.309 e. The third-order valence-electron chi connectivity index (χ3n) is 8.56. The lowest BCUT2D eigenvalue weighted by Crippen LogP contribution is -1.99. The summed E-state index contributed by atoms with van der Waals surface area (Å²) in [5.74, 6) is 0. The lowest BCUT2D eigenvalue weighted by molar-refractivity contribution is 1.15. The van der Waals surface area contributed by atoms with Crippen LogP contribution in [0.25, 0.3) is 80.0 Å². The van der Waals surface area contributed by atoms with E-state index in [0.29, 0.717) is 5.69 Å². The maximum Gasteiger partial charge on any atom is 0.188 e. The van der Waals surface area contributed by atoms with Gasteiger partial charge in [0.1, 0.15) is 0 Å². The Labute approximate surface area is 245 Å². The second-order valence-corrected chi connectivity index (χ2v) is 12.0. The van der Waals surface area contributed by atoms with E-state index in [0.717, 1.165) is 27.5 Å². The van der Waals surface area contributed by atoms with Crippen molar-refractivity contribution in [2.24, 2.45) is 0 Å². The number of aryl methyl sites for hydroxylation is 1. The fourth-order valence-electron chi connectivity index (χ4n) is 6.75. The zero-order chi connectivity index (χ0) is 27.9. The number of benzene rings is 6. The molecular formula is C38H23N3S. The lowest BCUT2D eigenvalue weighted by Gasteiger charge is -2.14. The summed E-state index contributed by atoms with van der Waals surface area (Å²) in [6.45, 7) is 9.79. The fraction of sp³-hybridized carbons (Fsp3) is 0.0263. The first-order valence-corrected chi connectivity index (χ1v) is 14.9. The molecule has 6 aromatic carbocycles. The molecule has 0 fully saturated rings. The number of rotatable bonds is 2. The SMILES string of the molecule is [C-]#[N+]c1ccc2c(c1)c1ccccc1n2-c1cc(-n2c3ccccc3c3ccccc32)c2sc3ccc(C)cc3c2c1. The van der Waals surface area contributed by atoms with Gasteiger partial charge in [0.2, 0.25) is 0 Å². The van der Waals surface area contributed by atoms with Crippen molar-refractivity contribution >= 4 is 80.8 Å². The third kappa shape index (κ3) is 3.14. The quantitative estimate of drug-likeness (QED) is 0.189. The lowest BCUT2D eigenvalue weighted by atomic mass is 10.1. The Morgan fingerprint density at radius 1 is 0.548 bits per heavy atom. The first-order chi connectivity index (χ1) is 20.7. The minimum absolute atomic E-state index is 0.658. The molecule has 0 saturated carbocycles. The molecule has 9 aromatic rings. The Morgan fingerprint density at radius 3 is 1.86 bits per heavy atom. The minimum atomic E-state index is 0.658. The third-order valence-corrected chi connectivity index (χ3v) is 9.76. The van der Waals surface area contributed by atoms with Crippen LogP contribution < -0.4 is 0 Å². The van der Waals surface area contributed by atoms with Crippen LogP contribution in [0.1, 0.15) is 5.56 Å². The first-order valence-electron chi connectivity index (χ1n) is 14.1. The molecule has 196 valence electrons. The fourth-order valence-corrected chi connectivity index (χ4v) is 7.91. The predicted molar refractivity (Wildman–Crippen MR) is 179 cm³/mol. The van der Waals surface area contributed by atoms with E-state index in [9.17, 15) is 0 Å². The van der Waals surface area contributed by atoms with E-state index in [-0.39, 0.29) is 0 Å². The molecule has 3 aromatic heterocycles. The summed E-state index contributed by atoms with van der Waals surface area (Å²) in [4.78, 5) is 3.73. The Bertz CT molecular complexity index is 2550. The van der Waals surface area contributed by atoms with Crippen molar-refractivity contribution in [2.75, 3.05) is 0 Å². The van der Waals surface area contributed by atoms with E-state index < -0.39 is 0 Å². The molecule has 0 aliphatic carbocycles. The second kappa shape index (κ2) is 8.57. The molecule has 0 aliphatic heterocycles. The van der Waals surface area contributed by atoms with E-state index in [4.69, 9.17) is 6.57 Å². The monoisotopic (exact) mass is 553 g/mol. The summed E-state index contributed by atoms with van der Waals surface area (Å²) in [6, 6.07) is 43.5. The molecule has 0 saturated heterocycles. The highest BCUT2D eigenvalue weighted by atomic mass is 32.1. The molecule has 0 atom stereocenters. The topological polar surface area (TPSA) is 14.2 Å². The van der Waals surface area contributed by atoms with Gasteiger partial charge in [-0.3, -0.25) is 0 Å². The number of fused-ring (bicyclic) bond motifs is 9. The molecular weight excluding hydrogens is 531 g/mol. The minimum Gasteiger partial charge on any atom is -0.309 e. The summed E-state index contributed by atoms with van der Waals surface area (Å²) in [5, 5.41) is 7.32. The van der Waals surface area contributed by atoms with Gasteiger partial charge in [0, 0.05) is 37.3 Å². The van der Waals surface area contributed by atoms with Gasteiger partial charge in [0.25, 0.3) is 0 Å². The Morgan fingerprint density at radius 2 is 1.17 bits per heavy atom. The van der Waals surface area contributed by atoms with Crippen molar-refractivity contribution in [3.63, 3.8) is 0 Å². The van der Waals surface area contributed by atoms with Gasteiger partial charge in [0.05, 0.1) is 39.0 Å². The zero-order valence-corrected chi connectivity index (χ0v) is 23.6. The summed E-state index contributed by atoms with van der Waals surface area (Å²) in [7, 11) is 0. The average Bonchev–Trinajstić information content (AvgIpc) is 3.68. The van der Waals surface area contributed by atoms with Crippen LogP contribution >= 0.6 is 11.3 Å². The van der Waals surface area contributed by atoms with Gasteiger partial charge in [-0.1, -0.05) is 72.3 Å². The van der Waals surface area contributed by atoms with Gasteiger partial charge in [-0.15, -0.1) is 11.3 Å². The molecule has 0 aliphatic rings. The van der Waals surface area contributed by atoms with E-state index >= 15 is 0 Å². The smallest absolute Gasteiger partial charge is 0.188 e. The van der Waals surface area contributed by atoms with Crippen LogP contribution in [0.3, 0.4) is 0 Å². The first kappa shape index (κ1) is 23.3. The molecule has 0 bridgehead atoms. The van der Waals surface area contributed by atoms with Crippen molar-refractivity contribution in [3.8, 4) is 11.4 Å². The van der Waals surface area contributed by atoms with E-state index in [2.05, 4.69) is 130 Å². The van der Waals surface area contributed by atoms with Gasteiger partial charge in [-0.05, 0) is 66.9 Å². The molecule has 3 heterocycles. The van der Waals surface area contributed by atoms with Crippen molar-refractivity contribution in [3.05, 3.63) is 138 Å². The number of para-hydroxylation sites is 3. The molecule has 42 heavy (non-hydrogen) atoms. The van der Waals surface area contributed by atoms with Crippen LogP contribution in [0, 0.1) is 13.5 Å². The van der Waals surface area contributed by atoms with E-state index in [1.54, 1.807) is 0 Å². The Balaban J connectivity index is 1.49. The van der Waals surface area contributed by atoms with Crippen LogP contribution in [-0.4, -0.2) is 9.13 Å². The van der Waals surface area contributed by atoms with Crippen molar-refractivity contribution in [1.82, 2.24) is 9.13 Å². The molecule has 0 N–H and O–H groups in total. The number of nitrogens with zero attached hydrogens (tertiary/aromatic N) is 3. The van der Waals surface area contributed by atoms with Gasteiger partial charge >= 0.3 is 0 Å². The number of hydrogen-bond donors (Lipinski definition) is 0. The van der Waals surface area contributed by atoms with Gasteiger partial charge < -0.3 is 9.13 Å². The summed E-state index contributed by atoms with van der Waals surface area (Å²) >= 11 is 1.87. The maximum absolute atomic E-state index is 7.62. The van der Waals surface area contributed by atoms with Crippen LogP contribution in [0.5, 0.6) is 0 Å². The summed E-state index contributed by atoms with van der Waals surface area (Å²) in [5.41, 5.74) is 8.86. The van der Waals surface area contributed by atoms with Gasteiger partial charge in [0.15, 0.2) is 5.69 Å². The number of aromatic nitrogens is 2. The van der Waals surface area contributed by atoms with Gasteiger partial charge in [-0.2, -0.15) is 0 Å². The molecule has 9 rings (SSSR count). The zero-order valence-electron chi connectivity index (χ0n) is 22.8. The molecule has 0 unspecified atom stereocenters. The van der Waals surface area contributed by atoms with Crippen molar-refractivity contribution in [2.45, 2.75) is 6.92 Å². The molecule has 0 spiro atoms. The number of thiophene rings is 1. The van der Waals surface area contributed by atoms with Crippen molar-refractivity contribution in [1.29, 1.82) is 0 Å². The van der Waals surface area contributed by atoms with Crippen LogP contribution in [0.15, 0.2) is 121 Å². The molecule has 3 nitrogen and oxygen atoms in total. The second-order valence-electron chi connectivity index (χ2n) is 11.0. The summed E-state index contributed by atoms with van der Waals surface area (Å²) < 4.78 is 7.39. The highest BCUT2D eigenvalue weighted by Crippen LogP contribution is 2.44. The average molecular weight is 554 g/mol. The van der Waals surface area contributed by atoms with Crippen LogP contribution in [0.4, 0.5) is 5.69 Å². The van der Waals surface area contributed by atoms with E-state index in [1.165, 1.54) is 53.2 Å². The highest BCUT2D eigenvalue weighted by Gasteiger charge is 2.20.